The fourth-order valence-corrected chi connectivity index (χ4v) is 1.62. The molecule has 1 fully saturated rings. The lowest BCUT2D eigenvalue weighted by Gasteiger charge is -2.15. The van der Waals surface area contributed by atoms with Gasteiger partial charge >= 0.3 is 0 Å². The quantitative estimate of drug-likeness (QED) is 0.712. The van der Waals surface area contributed by atoms with Gasteiger partial charge in [-0.05, 0) is 24.6 Å². The van der Waals surface area contributed by atoms with E-state index in [2.05, 4.69) is 0 Å². The summed E-state index contributed by atoms with van der Waals surface area (Å²) in [6, 6.07) is 5.82. The standard InChI is InChI=1S/C13H18O4/c1-9(16-7-11-8-17-11)10-4-5-12(14-2)13(6-10)15-3/h4-6,9,11H,7-8H2,1-3H3/t9-,11+/m0/s1. The second kappa shape index (κ2) is 5.38. The van der Waals surface area contributed by atoms with Crippen LogP contribution in [0.3, 0.4) is 0 Å². The fourth-order valence-electron chi connectivity index (χ4n) is 1.62. The zero-order valence-corrected chi connectivity index (χ0v) is 10.4. The van der Waals surface area contributed by atoms with Crippen molar-refractivity contribution >= 4 is 0 Å². The van der Waals surface area contributed by atoms with Gasteiger partial charge in [0, 0.05) is 0 Å². The van der Waals surface area contributed by atoms with Crippen LogP contribution in [0.5, 0.6) is 11.5 Å². The van der Waals surface area contributed by atoms with Crippen LogP contribution in [0.15, 0.2) is 18.2 Å². The Balaban J connectivity index is 2.02. The van der Waals surface area contributed by atoms with Crippen molar-refractivity contribution in [1.29, 1.82) is 0 Å². The molecule has 0 bridgehead atoms. The molecule has 1 aliphatic heterocycles. The van der Waals surface area contributed by atoms with E-state index in [0.717, 1.165) is 23.7 Å². The highest BCUT2D eigenvalue weighted by molar-refractivity contribution is 5.43. The predicted molar refractivity (Wildman–Crippen MR) is 63.7 cm³/mol. The van der Waals surface area contributed by atoms with E-state index in [1.54, 1.807) is 14.2 Å². The van der Waals surface area contributed by atoms with E-state index in [0.29, 0.717) is 6.61 Å². The summed E-state index contributed by atoms with van der Waals surface area (Å²) in [4.78, 5) is 0. The van der Waals surface area contributed by atoms with Crippen LogP contribution in [0, 0.1) is 0 Å². The molecule has 0 N–H and O–H groups in total. The van der Waals surface area contributed by atoms with Gasteiger partial charge in [0.1, 0.15) is 6.10 Å². The third-order valence-corrected chi connectivity index (χ3v) is 2.81. The Morgan fingerprint density at radius 3 is 2.59 bits per heavy atom. The first-order valence-electron chi connectivity index (χ1n) is 5.69. The smallest absolute Gasteiger partial charge is 0.161 e. The molecule has 0 saturated carbocycles. The van der Waals surface area contributed by atoms with Crippen LogP contribution < -0.4 is 9.47 Å². The molecule has 1 aromatic rings. The molecule has 1 saturated heterocycles. The van der Waals surface area contributed by atoms with Crippen molar-refractivity contribution in [2.75, 3.05) is 27.4 Å². The van der Waals surface area contributed by atoms with Crippen molar-refractivity contribution in [1.82, 2.24) is 0 Å². The van der Waals surface area contributed by atoms with E-state index in [1.807, 2.05) is 25.1 Å². The summed E-state index contributed by atoms with van der Waals surface area (Å²) in [6.45, 7) is 3.48. The molecule has 0 aromatic heterocycles. The summed E-state index contributed by atoms with van der Waals surface area (Å²) >= 11 is 0. The zero-order chi connectivity index (χ0) is 12.3. The molecular weight excluding hydrogens is 220 g/mol. The van der Waals surface area contributed by atoms with Crippen LogP contribution in [-0.2, 0) is 9.47 Å². The first-order valence-corrected chi connectivity index (χ1v) is 5.69. The van der Waals surface area contributed by atoms with Gasteiger partial charge in [0.2, 0.25) is 0 Å². The van der Waals surface area contributed by atoms with E-state index in [-0.39, 0.29) is 12.2 Å². The fraction of sp³-hybridized carbons (Fsp3) is 0.538. The van der Waals surface area contributed by atoms with Crippen molar-refractivity contribution in [3.05, 3.63) is 23.8 Å². The normalized spacial score (nSPS) is 19.8. The number of hydrogen-bond acceptors (Lipinski definition) is 4. The Bertz CT molecular complexity index is 374. The van der Waals surface area contributed by atoms with Crippen LogP contribution in [0.1, 0.15) is 18.6 Å². The summed E-state index contributed by atoms with van der Waals surface area (Å²) in [5.74, 6) is 1.46. The minimum absolute atomic E-state index is 0.0269. The van der Waals surface area contributed by atoms with Gasteiger partial charge in [0.25, 0.3) is 0 Å². The largest absolute Gasteiger partial charge is 0.493 e. The molecule has 1 aliphatic rings. The molecule has 94 valence electrons. The second-order valence-electron chi connectivity index (χ2n) is 4.05. The summed E-state index contributed by atoms with van der Waals surface area (Å²) in [7, 11) is 3.26. The van der Waals surface area contributed by atoms with Gasteiger partial charge in [-0.3, -0.25) is 0 Å². The van der Waals surface area contributed by atoms with Crippen LogP contribution in [0.2, 0.25) is 0 Å². The molecule has 2 rings (SSSR count). The van der Waals surface area contributed by atoms with E-state index < -0.39 is 0 Å². The lowest BCUT2D eigenvalue weighted by Crippen LogP contribution is -2.06. The monoisotopic (exact) mass is 238 g/mol. The number of rotatable bonds is 6. The lowest BCUT2D eigenvalue weighted by molar-refractivity contribution is 0.0538. The van der Waals surface area contributed by atoms with Gasteiger partial charge in [-0.1, -0.05) is 6.07 Å². The first-order chi connectivity index (χ1) is 8.24. The molecule has 1 aromatic carbocycles. The minimum Gasteiger partial charge on any atom is -0.493 e. The lowest BCUT2D eigenvalue weighted by atomic mass is 10.1. The van der Waals surface area contributed by atoms with Gasteiger partial charge in [0.15, 0.2) is 11.5 Å². The van der Waals surface area contributed by atoms with Crippen molar-refractivity contribution in [2.24, 2.45) is 0 Å². The number of ether oxygens (including phenoxy) is 4. The first kappa shape index (κ1) is 12.2. The number of methoxy groups -OCH3 is 2. The van der Waals surface area contributed by atoms with Gasteiger partial charge in [-0.25, -0.2) is 0 Å². The summed E-state index contributed by atoms with van der Waals surface area (Å²) in [5, 5.41) is 0. The van der Waals surface area contributed by atoms with Crippen molar-refractivity contribution < 1.29 is 18.9 Å². The van der Waals surface area contributed by atoms with Gasteiger partial charge < -0.3 is 18.9 Å². The summed E-state index contributed by atoms with van der Waals surface area (Å²) in [5.41, 5.74) is 1.07. The Kier molecular flexibility index (Phi) is 3.86. The van der Waals surface area contributed by atoms with Crippen LogP contribution >= 0.6 is 0 Å². The Labute approximate surface area is 101 Å². The average molecular weight is 238 g/mol. The topological polar surface area (TPSA) is 40.2 Å². The molecule has 2 atom stereocenters. The average Bonchev–Trinajstić information content (AvgIpc) is 3.19. The maximum absolute atomic E-state index is 5.70. The second-order valence-corrected chi connectivity index (χ2v) is 4.05. The summed E-state index contributed by atoms with van der Waals surface area (Å²) < 4.78 is 21.3. The van der Waals surface area contributed by atoms with Crippen molar-refractivity contribution in [2.45, 2.75) is 19.1 Å². The SMILES string of the molecule is COc1ccc([C@H](C)OC[C@@H]2CO2)cc1OC. The molecular formula is C13H18O4. The zero-order valence-electron chi connectivity index (χ0n) is 10.4. The summed E-state index contributed by atoms with van der Waals surface area (Å²) in [6.07, 6.45) is 0.316. The van der Waals surface area contributed by atoms with Crippen LogP contribution in [-0.4, -0.2) is 33.5 Å². The number of hydrogen-bond donors (Lipinski definition) is 0. The van der Waals surface area contributed by atoms with E-state index in [1.165, 1.54) is 0 Å². The molecule has 0 amide bonds. The van der Waals surface area contributed by atoms with E-state index in [4.69, 9.17) is 18.9 Å². The Morgan fingerprint density at radius 2 is 2.00 bits per heavy atom. The van der Waals surface area contributed by atoms with E-state index >= 15 is 0 Å². The molecule has 1 heterocycles. The van der Waals surface area contributed by atoms with Gasteiger partial charge in [-0.2, -0.15) is 0 Å². The third kappa shape index (κ3) is 3.11. The number of epoxide rings is 1. The molecule has 0 radical (unpaired) electrons. The highest BCUT2D eigenvalue weighted by atomic mass is 16.6. The molecule has 0 unspecified atom stereocenters. The number of benzene rings is 1. The van der Waals surface area contributed by atoms with Crippen LogP contribution in [0.4, 0.5) is 0 Å². The van der Waals surface area contributed by atoms with Gasteiger partial charge in [-0.15, -0.1) is 0 Å². The predicted octanol–water partition coefficient (Wildman–Crippen LogP) is 2.18. The van der Waals surface area contributed by atoms with Crippen molar-refractivity contribution in [3.8, 4) is 11.5 Å². The maximum Gasteiger partial charge on any atom is 0.161 e. The maximum atomic E-state index is 5.70. The molecule has 17 heavy (non-hydrogen) atoms. The molecule has 0 aliphatic carbocycles. The molecule has 4 nitrogen and oxygen atoms in total. The van der Waals surface area contributed by atoms with Crippen molar-refractivity contribution in [3.63, 3.8) is 0 Å². The Hall–Kier alpha value is -1.26. The molecule has 0 spiro atoms. The highest BCUT2D eigenvalue weighted by Gasteiger charge is 2.23. The van der Waals surface area contributed by atoms with E-state index in [9.17, 15) is 0 Å². The Morgan fingerprint density at radius 1 is 1.29 bits per heavy atom. The third-order valence-electron chi connectivity index (χ3n) is 2.81. The van der Waals surface area contributed by atoms with Gasteiger partial charge in [0.05, 0.1) is 33.5 Å². The molecule has 4 heteroatoms. The highest BCUT2D eigenvalue weighted by Crippen LogP contribution is 2.31. The minimum atomic E-state index is 0.0269. The van der Waals surface area contributed by atoms with Crippen LogP contribution in [0.25, 0.3) is 0 Å².